The second-order valence-electron chi connectivity index (χ2n) is 8.54. The molecule has 0 radical (unpaired) electrons. The molecule has 3 rings (SSSR count). The molecular weight excluding hydrogens is 328 g/mol. The van der Waals surface area contributed by atoms with Crippen molar-refractivity contribution in [2.75, 3.05) is 33.4 Å². The maximum absolute atomic E-state index is 13.3. The Bertz CT molecular complexity index is 490. The van der Waals surface area contributed by atoms with Crippen LogP contribution < -0.4 is 0 Å². The summed E-state index contributed by atoms with van der Waals surface area (Å²) in [4.78, 5) is 30.1. The van der Waals surface area contributed by atoms with Crippen LogP contribution in [0, 0.1) is 5.41 Å². The normalized spacial score (nSPS) is 27.5. The van der Waals surface area contributed by atoms with Gasteiger partial charge in [0.1, 0.15) is 0 Å². The van der Waals surface area contributed by atoms with E-state index in [0.717, 1.165) is 58.2 Å². The minimum atomic E-state index is -0.276. The van der Waals surface area contributed by atoms with Gasteiger partial charge >= 0.3 is 0 Å². The summed E-state index contributed by atoms with van der Waals surface area (Å²) >= 11 is 0. The quantitative estimate of drug-likeness (QED) is 0.651. The molecule has 5 heteroatoms. The lowest BCUT2D eigenvalue weighted by molar-refractivity contribution is -0.149. The number of nitrogens with zero attached hydrogens (tertiary/aromatic N) is 2. The van der Waals surface area contributed by atoms with Gasteiger partial charge in [0.05, 0.1) is 5.41 Å². The second kappa shape index (κ2) is 9.20. The molecule has 1 spiro atoms. The Balaban J connectivity index is 1.52. The Kier molecular flexibility index (Phi) is 6.96. The van der Waals surface area contributed by atoms with Crippen LogP contribution in [0.2, 0.25) is 0 Å². The van der Waals surface area contributed by atoms with Gasteiger partial charge in [-0.25, -0.2) is 0 Å². The Hall–Kier alpha value is -1.10. The molecule has 0 aromatic rings. The van der Waals surface area contributed by atoms with E-state index in [9.17, 15) is 9.59 Å². The van der Waals surface area contributed by atoms with Crippen LogP contribution in [0.5, 0.6) is 0 Å². The highest BCUT2D eigenvalue weighted by Gasteiger charge is 2.50. The highest BCUT2D eigenvalue weighted by molar-refractivity contribution is 5.86. The van der Waals surface area contributed by atoms with Gasteiger partial charge in [0.15, 0.2) is 0 Å². The second-order valence-corrected chi connectivity index (χ2v) is 8.54. The summed E-state index contributed by atoms with van der Waals surface area (Å²) in [5.41, 5.74) is -0.276. The Labute approximate surface area is 158 Å². The molecule has 2 saturated heterocycles. The lowest BCUT2D eigenvalue weighted by Crippen LogP contribution is -2.54. The minimum Gasteiger partial charge on any atom is -0.385 e. The van der Waals surface area contributed by atoms with Gasteiger partial charge in [-0.05, 0) is 44.9 Å². The minimum absolute atomic E-state index is 0.238. The molecule has 1 aliphatic carbocycles. The number of unbranched alkanes of at least 4 members (excludes halogenated alkanes) is 2. The predicted molar refractivity (Wildman–Crippen MR) is 102 cm³/mol. The first-order valence-corrected chi connectivity index (χ1v) is 10.7. The first-order chi connectivity index (χ1) is 12.7. The van der Waals surface area contributed by atoms with Crippen molar-refractivity contribution in [1.82, 2.24) is 9.80 Å². The lowest BCUT2D eigenvalue weighted by atomic mass is 9.77. The van der Waals surface area contributed by atoms with Crippen LogP contribution in [0.1, 0.15) is 77.0 Å². The summed E-state index contributed by atoms with van der Waals surface area (Å²) in [6, 6.07) is 0.457. The molecule has 3 aliphatic rings. The lowest BCUT2D eigenvalue weighted by Gasteiger charge is -2.44. The fraction of sp³-hybridized carbons (Fsp3) is 0.905. The standard InChI is InChI=1S/C21H36N2O3/c1-26-16-7-3-6-11-19(24)22-15-13-21(17-22)12-8-14-23(20(21)25)18-9-4-2-5-10-18/h18H,2-17H2,1H3. The van der Waals surface area contributed by atoms with Crippen LogP contribution in [0.25, 0.3) is 0 Å². The van der Waals surface area contributed by atoms with E-state index >= 15 is 0 Å². The SMILES string of the molecule is COCCCCCC(=O)N1CCC2(CCCN(C3CCCCC3)C2=O)C1. The molecule has 26 heavy (non-hydrogen) atoms. The van der Waals surface area contributed by atoms with Crippen molar-refractivity contribution in [3.05, 3.63) is 0 Å². The number of likely N-dealkylation sites (tertiary alicyclic amines) is 2. The number of hydrogen-bond acceptors (Lipinski definition) is 3. The number of amides is 2. The summed E-state index contributed by atoms with van der Waals surface area (Å²) in [6.07, 6.45) is 12.7. The van der Waals surface area contributed by atoms with Crippen molar-refractivity contribution >= 4 is 11.8 Å². The maximum atomic E-state index is 13.3. The molecule has 0 aromatic heterocycles. The zero-order valence-electron chi connectivity index (χ0n) is 16.5. The number of rotatable bonds is 7. The van der Waals surface area contributed by atoms with Gasteiger partial charge in [-0.15, -0.1) is 0 Å². The highest BCUT2D eigenvalue weighted by atomic mass is 16.5. The zero-order chi connectivity index (χ0) is 18.4. The van der Waals surface area contributed by atoms with Crippen LogP contribution in [-0.4, -0.2) is 61.0 Å². The van der Waals surface area contributed by atoms with Gasteiger partial charge in [-0.2, -0.15) is 0 Å². The van der Waals surface area contributed by atoms with E-state index in [0.29, 0.717) is 24.9 Å². The van der Waals surface area contributed by atoms with E-state index in [1.54, 1.807) is 7.11 Å². The van der Waals surface area contributed by atoms with Gasteiger partial charge in [0.2, 0.25) is 11.8 Å². The highest BCUT2D eigenvalue weighted by Crippen LogP contribution is 2.42. The molecule has 2 amide bonds. The molecular formula is C21H36N2O3. The van der Waals surface area contributed by atoms with Crippen LogP contribution in [0.15, 0.2) is 0 Å². The molecule has 148 valence electrons. The third-order valence-electron chi connectivity index (χ3n) is 6.73. The number of hydrogen-bond donors (Lipinski definition) is 0. The molecule has 1 unspecified atom stereocenters. The molecule has 1 saturated carbocycles. The summed E-state index contributed by atoms with van der Waals surface area (Å²) in [7, 11) is 1.71. The molecule has 0 aromatic carbocycles. The smallest absolute Gasteiger partial charge is 0.230 e. The molecule has 2 aliphatic heterocycles. The van der Waals surface area contributed by atoms with E-state index in [1.165, 1.54) is 32.1 Å². The zero-order valence-corrected chi connectivity index (χ0v) is 16.5. The maximum Gasteiger partial charge on any atom is 0.230 e. The fourth-order valence-electron chi connectivity index (χ4n) is 5.16. The van der Waals surface area contributed by atoms with Gasteiger partial charge in [0.25, 0.3) is 0 Å². The first kappa shape index (κ1) is 19.7. The van der Waals surface area contributed by atoms with Crippen molar-refractivity contribution < 1.29 is 14.3 Å². The van der Waals surface area contributed by atoms with Crippen LogP contribution >= 0.6 is 0 Å². The summed E-state index contributed by atoms with van der Waals surface area (Å²) in [5.74, 6) is 0.591. The van der Waals surface area contributed by atoms with E-state index in [1.807, 2.05) is 4.90 Å². The summed E-state index contributed by atoms with van der Waals surface area (Å²) in [5, 5.41) is 0. The van der Waals surface area contributed by atoms with Gasteiger partial charge in [-0.1, -0.05) is 25.7 Å². The van der Waals surface area contributed by atoms with Gasteiger partial charge < -0.3 is 14.5 Å². The topological polar surface area (TPSA) is 49.9 Å². The van der Waals surface area contributed by atoms with Crippen LogP contribution in [0.4, 0.5) is 0 Å². The van der Waals surface area contributed by atoms with E-state index < -0.39 is 0 Å². The van der Waals surface area contributed by atoms with Crippen molar-refractivity contribution in [1.29, 1.82) is 0 Å². The average molecular weight is 365 g/mol. The third kappa shape index (κ3) is 4.41. The van der Waals surface area contributed by atoms with Crippen molar-refractivity contribution in [3.63, 3.8) is 0 Å². The van der Waals surface area contributed by atoms with Gasteiger partial charge in [0, 0.05) is 45.8 Å². The molecule has 1 atom stereocenters. The third-order valence-corrected chi connectivity index (χ3v) is 6.73. The number of piperidine rings is 1. The largest absolute Gasteiger partial charge is 0.385 e. The van der Waals surface area contributed by atoms with Crippen molar-refractivity contribution in [2.45, 2.75) is 83.1 Å². The van der Waals surface area contributed by atoms with E-state index in [2.05, 4.69) is 4.90 Å². The van der Waals surface area contributed by atoms with Crippen molar-refractivity contribution in [3.8, 4) is 0 Å². The van der Waals surface area contributed by atoms with E-state index in [4.69, 9.17) is 4.74 Å². The summed E-state index contributed by atoms with van der Waals surface area (Å²) in [6.45, 7) is 3.12. The summed E-state index contributed by atoms with van der Waals surface area (Å²) < 4.78 is 5.06. The Morgan fingerprint density at radius 2 is 1.88 bits per heavy atom. The molecule has 0 bridgehead atoms. The monoisotopic (exact) mass is 364 g/mol. The first-order valence-electron chi connectivity index (χ1n) is 10.7. The number of ether oxygens (including phenoxy) is 1. The number of carbonyl (C=O) groups is 2. The Morgan fingerprint density at radius 1 is 1.08 bits per heavy atom. The fourth-order valence-corrected chi connectivity index (χ4v) is 5.16. The van der Waals surface area contributed by atoms with Crippen molar-refractivity contribution in [2.24, 2.45) is 5.41 Å². The van der Waals surface area contributed by atoms with Crippen LogP contribution in [-0.2, 0) is 14.3 Å². The van der Waals surface area contributed by atoms with Crippen LogP contribution in [0.3, 0.4) is 0 Å². The Morgan fingerprint density at radius 3 is 2.65 bits per heavy atom. The molecule has 2 heterocycles. The predicted octanol–water partition coefficient (Wildman–Crippen LogP) is 3.37. The molecule has 0 N–H and O–H groups in total. The van der Waals surface area contributed by atoms with E-state index in [-0.39, 0.29) is 11.3 Å². The molecule has 5 nitrogen and oxygen atoms in total. The number of methoxy groups -OCH3 is 1. The average Bonchev–Trinajstić information content (AvgIpc) is 3.10. The van der Waals surface area contributed by atoms with Gasteiger partial charge in [-0.3, -0.25) is 9.59 Å². The number of carbonyl (C=O) groups excluding carboxylic acids is 2. The molecule has 3 fully saturated rings.